The van der Waals surface area contributed by atoms with Gasteiger partial charge in [0.2, 0.25) is 0 Å². The molecule has 0 fully saturated rings. The maximum absolute atomic E-state index is 8.25. The molecule has 0 rings (SSSR count). The van der Waals surface area contributed by atoms with Crippen LogP contribution in [0.1, 0.15) is 0 Å². The Morgan fingerprint density at radius 2 is 0.750 bits per heavy atom. The summed E-state index contributed by atoms with van der Waals surface area (Å²) in [7, 11) is 0. The van der Waals surface area contributed by atoms with Gasteiger partial charge >= 0.3 is 47.5 Å². The third-order valence-electron chi connectivity index (χ3n) is 0. The molecule has 0 aromatic heterocycles. The minimum atomic E-state index is 0.750. The van der Waals surface area contributed by atoms with Crippen molar-refractivity contribution in [3.8, 4) is 0 Å². The molecule has 0 aliphatic rings. The van der Waals surface area contributed by atoms with Crippen LogP contribution in [0.5, 0.6) is 0 Å². The van der Waals surface area contributed by atoms with Crippen molar-refractivity contribution in [3.05, 3.63) is 0 Å². The first-order valence-electron chi connectivity index (χ1n) is 0.408. The molecule has 0 spiro atoms. The summed E-state index contributed by atoms with van der Waals surface area (Å²) in [5.74, 6) is 0. The molecule has 4 heteroatoms. The van der Waals surface area contributed by atoms with E-state index in [1.54, 1.807) is 0 Å². The van der Waals surface area contributed by atoms with Gasteiger partial charge in [-0.1, -0.05) is 0 Å². The van der Waals surface area contributed by atoms with Crippen molar-refractivity contribution in [2.45, 2.75) is 0 Å². The Bertz CT molecular complexity index is 6.00. The van der Waals surface area contributed by atoms with Crippen LogP contribution in [0.3, 0.4) is 0 Å². The van der Waals surface area contributed by atoms with Crippen LogP contribution in [-0.4, -0.2) is 0 Å². The van der Waals surface area contributed by atoms with Crippen LogP contribution in [-0.2, 0) is 47.5 Å². The van der Waals surface area contributed by atoms with E-state index in [-0.39, 0.29) is 0 Å². The molecular formula is O2Ti2. The molecule has 0 radical (unpaired) electrons. The molecule has 20 valence electrons. The number of rotatable bonds is 0. The molecule has 0 amide bonds. The second-order valence-electron chi connectivity index (χ2n) is 0. The SMILES string of the molecule is [O]=[Ti].[O]=[Ti]. The van der Waals surface area contributed by atoms with Crippen molar-refractivity contribution in [1.82, 2.24) is 0 Å². The fourth-order valence-electron chi connectivity index (χ4n) is 0. The van der Waals surface area contributed by atoms with Crippen molar-refractivity contribution < 1.29 is 47.5 Å². The molecule has 0 saturated carbocycles. The van der Waals surface area contributed by atoms with E-state index in [1.807, 2.05) is 0 Å². The predicted molar refractivity (Wildman–Crippen MR) is 1.37 cm³/mol. The summed E-state index contributed by atoms with van der Waals surface area (Å²) in [5.41, 5.74) is 0. The van der Waals surface area contributed by atoms with Gasteiger partial charge in [0.05, 0.1) is 0 Å². The number of hydrogen-bond acceptors (Lipinski definition) is 2. The van der Waals surface area contributed by atoms with Gasteiger partial charge in [-0.15, -0.1) is 0 Å². The normalized spacial score (nSPS) is 1.50. The van der Waals surface area contributed by atoms with E-state index in [4.69, 9.17) is 6.65 Å². The van der Waals surface area contributed by atoms with Gasteiger partial charge in [-0.05, 0) is 0 Å². The summed E-state index contributed by atoms with van der Waals surface area (Å²) >= 11 is 1.50. The van der Waals surface area contributed by atoms with E-state index >= 15 is 0 Å². The summed E-state index contributed by atoms with van der Waals surface area (Å²) in [5, 5.41) is 0. The van der Waals surface area contributed by atoms with Gasteiger partial charge in [0.1, 0.15) is 0 Å². The average Bonchev–Trinajstić information content (AvgIpc) is 1.50. The van der Waals surface area contributed by atoms with Crippen LogP contribution in [0.2, 0.25) is 0 Å². The zero-order valence-electron chi connectivity index (χ0n) is 1.82. The van der Waals surface area contributed by atoms with Gasteiger partial charge in [0.25, 0.3) is 0 Å². The molecule has 0 aliphatic carbocycles. The standard InChI is InChI=1S/2O.2Ti. The molecule has 0 aromatic rings. The van der Waals surface area contributed by atoms with Crippen LogP contribution >= 0.6 is 0 Å². The maximum atomic E-state index is 8.25. The third kappa shape index (κ3) is 11.8. The van der Waals surface area contributed by atoms with Gasteiger partial charge in [-0.2, -0.15) is 0 Å². The van der Waals surface area contributed by atoms with Gasteiger partial charge in [0, 0.05) is 0 Å². The first kappa shape index (κ1) is 8.90. The van der Waals surface area contributed by atoms with Crippen molar-refractivity contribution in [1.29, 1.82) is 0 Å². The van der Waals surface area contributed by atoms with Crippen LogP contribution in [0.25, 0.3) is 0 Å². The summed E-state index contributed by atoms with van der Waals surface area (Å²) in [6.07, 6.45) is 0. The fraction of sp³-hybridized carbons (Fsp3) is 0. The monoisotopic (exact) mass is 128 g/mol. The second kappa shape index (κ2) is 34.9. The topological polar surface area (TPSA) is 34.1 Å². The molecule has 0 atom stereocenters. The van der Waals surface area contributed by atoms with Crippen LogP contribution < -0.4 is 0 Å². The minimum absolute atomic E-state index is 0.750. The van der Waals surface area contributed by atoms with Crippen molar-refractivity contribution in [2.75, 3.05) is 0 Å². The Kier molecular flexibility index (Phi) is 77.7. The summed E-state index contributed by atoms with van der Waals surface area (Å²) in [6, 6.07) is 0. The fourth-order valence-corrected chi connectivity index (χ4v) is 0. The Morgan fingerprint density at radius 1 is 0.750 bits per heavy atom. The van der Waals surface area contributed by atoms with E-state index in [9.17, 15) is 0 Å². The summed E-state index contributed by atoms with van der Waals surface area (Å²) in [6.45, 7) is 0. The Balaban J connectivity index is 0. The summed E-state index contributed by atoms with van der Waals surface area (Å²) in [4.78, 5) is 0. The summed E-state index contributed by atoms with van der Waals surface area (Å²) < 4.78 is 16.5. The molecular weight excluding hydrogens is 128 g/mol. The van der Waals surface area contributed by atoms with E-state index in [0.717, 1.165) is 40.8 Å². The van der Waals surface area contributed by atoms with Crippen LogP contribution in [0.4, 0.5) is 0 Å². The van der Waals surface area contributed by atoms with E-state index < -0.39 is 0 Å². The zero-order chi connectivity index (χ0) is 4.00. The molecule has 0 aliphatic heterocycles. The van der Waals surface area contributed by atoms with Gasteiger partial charge < -0.3 is 0 Å². The molecule has 0 N–H and O–H groups in total. The van der Waals surface area contributed by atoms with Crippen molar-refractivity contribution in [2.24, 2.45) is 0 Å². The first-order chi connectivity index (χ1) is 2.00. The molecule has 0 heterocycles. The third-order valence-corrected chi connectivity index (χ3v) is 0. The van der Waals surface area contributed by atoms with E-state index in [0.29, 0.717) is 0 Å². The number of hydrogen-bond donors (Lipinski definition) is 0. The Hall–Kier alpha value is 1.03. The zero-order valence-corrected chi connectivity index (χ0v) is 4.94. The van der Waals surface area contributed by atoms with Crippen LogP contribution in [0.15, 0.2) is 0 Å². The van der Waals surface area contributed by atoms with Crippen molar-refractivity contribution >= 4 is 0 Å². The Labute approximate surface area is 47.4 Å². The Morgan fingerprint density at radius 3 is 0.750 bits per heavy atom. The average molecular weight is 128 g/mol. The van der Waals surface area contributed by atoms with Crippen LogP contribution in [0, 0.1) is 0 Å². The molecule has 0 unspecified atom stereocenters. The molecule has 4 heavy (non-hydrogen) atoms. The van der Waals surface area contributed by atoms with Gasteiger partial charge in [-0.3, -0.25) is 0 Å². The van der Waals surface area contributed by atoms with Gasteiger partial charge in [-0.25, -0.2) is 0 Å². The first-order valence-corrected chi connectivity index (χ1v) is 1.68. The second-order valence-corrected chi connectivity index (χ2v) is 0. The predicted octanol–water partition coefficient (Wildman–Crippen LogP) is -0.243. The van der Waals surface area contributed by atoms with Crippen molar-refractivity contribution in [3.63, 3.8) is 0 Å². The van der Waals surface area contributed by atoms with E-state index in [1.165, 1.54) is 0 Å². The molecule has 0 aromatic carbocycles. The molecule has 2 nitrogen and oxygen atoms in total. The molecule has 0 saturated heterocycles. The quantitative estimate of drug-likeness (QED) is 0.421. The van der Waals surface area contributed by atoms with E-state index in [2.05, 4.69) is 0 Å². The molecule has 0 bridgehead atoms. The van der Waals surface area contributed by atoms with Gasteiger partial charge in [0.15, 0.2) is 0 Å².